The highest BCUT2D eigenvalue weighted by Crippen LogP contribution is 2.27. The highest BCUT2D eigenvalue weighted by atomic mass is 16.1. The molecule has 0 amide bonds. The molecule has 1 aliphatic rings. The third-order valence-electron chi connectivity index (χ3n) is 5.98. The highest BCUT2D eigenvalue weighted by molar-refractivity contribution is 5.74. The third kappa shape index (κ3) is 4.26. The number of rotatable bonds is 5. The zero-order valence-corrected chi connectivity index (χ0v) is 18.4. The fourth-order valence-corrected chi connectivity index (χ4v) is 4.16. The van der Waals surface area contributed by atoms with Gasteiger partial charge in [-0.3, -0.25) is 14.7 Å². The molecule has 0 spiro atoms. The van der Waals surface area contributed by atoms with Gasteiger partial charge in [0.15, 0.2) is 5.65 Å². The van der Waals surface area contributed by atoms with Gasteiger partial charge < -0.3 is 5.32 Å². The van der Waals surface area contributed by atoms with E-state index < -0.39 is 0 Å². The quantitative estimate of drug-likeness (QED) is 0.672. The Bertz CT molecular complexity index is 1040. The summed E-state index contributed by atoms with van der Waals surface area (Å²) in [7, 11) is 0. The first-order valence-electron chi connectivity index (χ1n) is 10.8. The van der Waals surface area contributed by atoms with E-state index in [9.17, 15) is 4.79 Å². The molecule has 0 radical (unpaired) electrons. The Kier molecular flexibility index (Phi) is 5.64. The van der Waals surface area contributed by atoms with Gasteiger partial charge in [-0.15, -0.1) is 0 Å². The monoisotopic (exact) mass is 408 g/mol. The number of hydrogen-bond acceptors (Lipinski definition) is 5. The largest absolute Gasteiger partial charge is 0.354 e. The van der Waals surface area contributed by atoms with E-state index in [2.05, 4.69) is 72.3 Å². The summed E-state index contributed by atoms with van der Waals surface area (Å²) in [5.74, 6) is 1.27. The molecule has 30 heavy (non-hydrogen) atoms. The summed E-state index contributed by atoms with van der Waals surface area (Å²) >= 11 is 0. The average Bonchev–Trinajstić information content (AvgIpc) is 3.15. The van der Waals surface area contributed by atoms with E-state index in [0.29, 0.717) is 23.5 Å². The highest BCUT2D eigenvalue weighted by Gasteiger charge is 2.25. The maximum atomic E-state index is 12.6. The number of aromatic amines is 1. The number of fused-ring (bicyclic) bond motifs is 1. The second kappa shape index (κ2) is 8.22. The lowest BCUT2D eigenvalue weighted by molar-refractivity contribution is 0.143. The maximum Gasteiger partial charge on any atom is 0.263 e. The number of anilines is 1. The molecule has 2 aromatic heterocycles. The van der Waals surface area contributed by atoms with E-state index in [1.54, 1.807) is 6.20 Å². The summed E-state index contributed by atoms with van der Waals surface area (Å²) in [6.45, 7) is 11.3. The van der Waals surface area contributed by atoms with Crippen molar-refractivity contribution in [3.63, 3.8) is 0 Å². The van der Waals surface area contributed by atoms with E-state index in [4.69, 9.17) is 4.98 Å². The summed E-state index contributed by atoms with van der Waals surface area (Å²) in [5, 5.41) is 8.31. The number of piperidine rings is 1. The molecule has 0 saturated carbocycles. The van der Waals surface area contributed by atoms with E-state index in [1.165, 1.54) is 18.4 Å². The Labute approximate surface area is 177 Å². The SMILES string of the molecule is CC1CCN(C(CNc2nc3c(cnn3C(C)(C)C)c(=O)[nH]2)c2ccccc2)CC1. The molecule has 0 bridgehead atoms. The molecule has 7 nitrogen and oxygen atoms in total. The van der Waals surface area contributed by atoms with Crippen molar-refractivity contribution in [2.75, 3.05) is 25.0 Å². The number of nitrogens with zero attached hydrogens (tertiary/aromatic N) is 4. The van der Waals surface area contributed by atoms with Gasteiger partial charge in [0, 0.05) is 6.54 Å². The van der Waals surface area contributed by atoms with Crippen LogP contribution in [-0.4, -0.2) is 44.3 Å². The molecule has 0 aliphatic carbocycles. The van der Waals surface area contributed by atoms with Crippen molar-refractivity contribution < 1.29 is 0 Å². The molecule has 160 valence electrons. The first-order valence-corrected chi connectivity index (χ1v) is 10.8. The Morgan fingerprint density at radius 2 is 1.90 bits per heavy atom. The van der Waals surface area contributed by atoms with Crippen molar-refractivity contribution in [1.29, 1.82) is 0 Å². The molecule has 1 atom stereocenters. The second-order valence-corrected chi connectivity index (χ2v) is 9.40. The Hall–Kier alpha value is -2.67. The number of aromatic nitrogens is 4. The van der Waals surface area contributed by atoms with E-state index in [-0.39, 0.29) is 17.1 Å². The number of likely N-dealkylation sites (tertiary alicyclic amines) is 1. The van der Waals surface area contributed by atoms with Gasteiger partial charge in [-0.05, 0) is 58.2 Å². The van der Waals surface area contributed by atoms with Crippen molar-refractivity contribution in [2.24, 2.45) is 5.92 Å². The van der Waals surface area contributed by atoms with Gasteiger partial charge in [0.25, 0.3) is 5.56 Å². The zero-order chi connectivity index (χ0) is 21.3. The van der Waals surface area contributed by atoms with Gasteiger partial charge in [-0.1, -0.05) is 37.3 Å². The Morgan fingerprint density at radius 1 is 1.20 bits per heavy atom. The minimum Gasteiger partial charge on any atom is -0.354 e. The normalized spacial score (nSPS) is 17.3. The molecule has 7 heteroatoms. The van der Waals surface area contributed by atoms with Crippen LogP contribution in [0.15, 0.2) is 41.3 Å². The van der Waals surface area contributed by atoms with Crippen LogP contribution >= 0.6 is 0 Å². The standard InChI is InChI=1S/C23H32N6O/c1-16-10-12-28(13-11-16)19(17-8-6-5-7-9-17)15-24-22-26-20-18(21(30)27-22)14-25-29(20)23(2,3)4/h5-9,14,16,19H,10-13,15H2,1-4H3,(H2,24,26,27,30). The summed E-state index contributed by atoms with van der Waals surface area (Å²) < 4.78 is 1.81. The number of benzene rings is 1. The van der Waals surface area contributed by atoms with Crippen LogP contribution in [0.2, 0.25) is 0 Å². The molecular formula is C23H32N6O. The van der Waals surface area contributed by atoms with Crippen LogP contribution < -0.4 is 10.9 Å². The lowest BCUT2D eigenvalue weighted by atomic mass is 9.96. The summed E-state index contributed by atoms with van der Waals surface area (Å²) in [4.78, 5) is 22.7. The van der Waals surface area contributed by atoms with Crippen LogP contribution in [0.4, 0.5) is 5.95 Å². The van der Waals surface area contributed by atoms with Crippen molar-refractivity contribution in [3.8, 4) is 0 Å². The fourth-order valence-electron chi connectivity index (χ4n) is 4.16. The molecule has 4 rings (SSSR count). The van der Waals surface area contributed by atoms with Crippen LogP contribution in [0, 0.1) is 5.92 Å². The second-order valence-electron chi connectivity index (χ2n) is 9.40. The third-order valence-corrected chi connectivity index (χ3v) is 5.98. The molecule has 1 fully saturated rings. The first-order chi connectivity index (χ1) is 14.3. The predicted molar refractivity (Wildman–Crippen MR) is 121 cm³/mol. The minimum absolute atomic E-state index is 0.166. The molecular weight excluding hydrogens is 376 g/mol. The minimum atomic E-state index is -0.253. The van der Waals surface area contributed by atoms with E-state index in [1.807, 2.05) is 10.7 Å². The molecule has 3 aromatic rings. The van der Waals surface area contributed by atoms with Gasteiger partial charge in [0.05, 0.1) is 17.8 Å². The first kappa shape index (κ1) is 20.6. The summed E-state index contributed by atoms with van der Waals surface area (Å²) in [5.41, 5.74) is 1.47. The predicted octanol–water partition coefficient (Wildman–Crippen LogP) is 3.76. The smallest absolute Gasteiger partial charge is 0.263 e. The number of nitrogens with one attached hydrogen (secondary N) is 2. The lowest BCUT2D eigenvalue weighted by Crippen LogP contribution is -2.39. The molecule has 1 saturated heterocycles. The number of H-pyrrole nitrogens is 1. The van der Waals surface area contributed by atoms with Gasteiger partial charge in [-0.2, -0.15) is 10.1 Å². The topological polar surface area (TPSA) is 78.8 Å². The Balaban J connectivity index is 1.60. The van der Waals surface area contributed by atoms with Crippen molar-refractivity contribution in [2.45, 2.75) is 52.1 Å². The molecule has 1 aliphatic heterocycles. The lowest BCUT2D eigenvalue weighted by Gasteiger charge is -2.37. The van der Waals surface area contributed by atoms with Crippen LogP contribution in [0.5, 0.6) is 0 Å². The Morgan fingerprint density at radius 3 is 2.57 bits per heavy atom. The maximum absolute atomic E-state index is 12.6. The molecule has 2 N–H and O–H groups in total. The number of hydrogen-bond donors (Lipinski definition) is 2. The van der Waals surface area contributed by atoms with Gasteiger partial charge in [0.2, 0.25) is 5.95 Å². The van der Waals surface area contributed by atoms with Crippen molar-refractivity contribution >= 4 is 17.0 Å². The van der Waals surface area contributed by atoms with Crippen LogP contribution in [0.1, 0.15) is 52.1 Å². The van der Waals surface area contributed by atoms with Gasteiger partial charge in [-0.25, -0.2) is 4.68 Å². The van der Waals surface area contributed by atoms with E-state index in [0.717, 1.165) is 19.0 Å². The van der Waals surface area contributed by atoms with Crippen LogP contribution in [0.25, 0.3) is 11.0 Å². The summed E-state index contributed by atoms with van der Waals surface area (Å²) in [6, 6.07) is 10.8. The zero-order valence-electron chi connectivity index (χ0n) is 18.4. The molecule has 3 heterocycles. The molecule has 1 aromatic carbocycles. The van der Waals surface area contributed by atoms with Crippen LogP contribution in [-0.2, 0) is 5.54 Å². The fraction of sp³-hybridized carbons (Fsp3) is 0.522. The average molecular weight is 409 g/mol. The van der Waals surface area contributed by atoms with Crippen LogP contribution in [0.3, 0.4) is 0 Å². The van der Waals surface area contributed by atoms with Gasteiger partial charge in [0.1, 0.15) is 5.39 Å². The molecule has 1 unspecified atom stereocenters. The van der Waals surface area contributed by atoms with Crippen molar-refractivity contribution in [1.82, 2.24) is 24.6 Å². The van der Waals surface area contributed by atoms with Crippen molar-refractivity contribution in [3.05, 3.63) is 52.4 Å². The van der Waals surface area contributed by atoms with E-state index >= 15 is 0 Å². The summed E-state index contributed by atoms with van der Waals surface area (Å²) in [6.07, 6.45) is 4.03. The van der Waals surface area contributed by atoms with Gasteiger partial charge >= 0.3 is 0 Å².